The van der Waals surface area contributed by atoms with Crippen LogP contribution in [0.4, 0.5) is 0 Å². The van der Waals surface area contributed by atoms with Crippen LogP contribution in [0.25, 0.3) is 0 Å². The van der Waals surface area contributed by atoms with Crippen molar-refractivity contribution in [2.75, 3.05) is 50.8 Å². The summed E-state index contributed by atoms with van der Waals surface area (Å²) in [5.74, 6) is 0.639. The lowest BCUT2D eigenvalue weighted by Crippen LogP contribution is -2.62. The lowest BCUT2D eigenvalue weighted by Gasteiger charge is -2.43. The van der Waals surface area contributed by atoms with Gasteiger partial charge in [0.05, 0.1) is 11.5 Å². The number of carbonyl (C=O) groups is 1. The average molecular weight is 301 g/mol. The van der Waals surface area contributed by atoms with Gasteiger partial charge in [0.2, 0.25) is 5.91 Å². The molecule has 6 nitrogen and oxygen atoms in total. The van der Waals surface area contributed by atoms with E-state index >= 15 is 0 Å². The quantitative estimate of drug-likeness (QED) is 0.719. The lowest BCUT2D eigenvalue weighted by molar-refractivity contribution is -0.134. The molecule has 3 rings (SSSR count). The Labute approximate surface area is 120 Å². The third-order valence-electron chi connectivity index (χ3n) is 4.73. The Morgan fingerprint density at radius 2 is 1.85 bits per heavy atom. The first-order chi connectivity index (χ1) is 9.53. The summed E-state index contributed by atoms with van der Waals surface area (Å²) in [6.07, 6.45) is 1.06. The SMILES string of the molecule is O=C(CC1CCS(=O)(=O)C1)N1CCN(C2CNC2)CC1. The summed E-state index contributed by atoms with van der Waals surface area (Å²) in [5.41, 5.74) is 0. The first-order valence-electron chi connectivity index (χ1n) is 7.46. The van der Waals surface area contributed by atoms with Gasteiger partial charge in [0, 0.05) is 51.7 Å². The number of nitrogens with zero attached hydrogens (tertiary/aromatic N) is 2. The van der Waals surface area contributed by atoms with Crippen LogP contribution in [-0.2, 0) is 14.6 Å². The monoisotopic (exact) mass is 301 g/mol. The molecule has 7 heteroatoms. The molecule has 0 aromatic heterocycles. The van der Waals surface area contributed by atoms with E-state index in [0.29, 0.717) is 18.9 Å². The summed E-state index contributed by atoms with van der Waals surface area (Å²) in [6, 6.07) is 0.646. The summed E-state index contributed by atoms with van der Waals surface area (Å²) in [6.45, 7) is 5.59. The lowest BCUT2D eigenvalue weighted by atomic mass is 10.0. The van der Waals surface area contributed by atoms with E-state index in [2.05, 4.69) is 10.2 Å². The van der Waals surface area contributed by atoms with Gasteiger partial charge in [0.25, 0.3) is 0 Å². The van der Waals surface area contributed by atoms with Gasteiger partial charge in [-0.25, -0.2) is 8.42 Å². The van der Waals surface area contributed by atoms with Crippen molar-refractivity contribution in [1.29, 1.82) is 0 Å². The highest BCUT2D eigenvalue weighted by Gasteiger charge is 2.33. The molecule has 1 unspecified atom stereocenters. The van der Waals surface area contributed by atoms with E-state index in [1.54, 1.807) is 0 Å². The molecule has 1 amide bonds. The molecule has 0 saturated carbocycles. The molecule has 1 atom stereocenters. The third-order valence-corrected chi connectivity index (χ3v) is 6.57. The zero-order chi connectivity index (χ0) is 14.2. The minimum Gasteiger partial charge on any atom is -0.340 e. The van der Waals surface area contributed by atoms with Gasteiger partial charge < -0.3 is 10.2 Å². The molecule has 114 valence electrons. The summed E-state index contributed by atoms with van der Waals surface area (Å²) in [7, 11) is -2.87. The summed E-state index contributed by atoms with van der Waals surface area (Å²) >= 11 is 0. The highest BCUT2D eigenvalue weighted by Crippen LogP contribution is 2.22. The fourth-order valence-corrected chi connectivity index (χ4v) is 5.14. The van der Waals surface area contributed by atoms with Crippen LogP contribution in [0, 0.1) is 5.92 Å². The Morgan fingerprint density at radius 3 is 2.35 bits per heavy atom. The van der Waals surface area contributed by atoms with Crippen LogP contribution in [0.2, 0.25) is 0 Å². The zero-order valence-electron chi connectivity index (χ0n) is 11.8. The second-order valence-electron chi connectivity index (χ2n) is 6.20. The van der Waals surface area contributed by atoms with E-state index in [9.17, 15) is 13.2 Å². The highest BCUT2D eigenvalue weighted by atomic mass is 32.2. The second kappa shape index (κ2) is 5.61. The molecule has 3 aliphatic rings. The number of nitrogens with one attached hydrogen (secondary N) is 1. The number of carbonyl (C=O) groups excluding carboxylic acids is 1. The Bertz CT molecular complexity index is 467. The molecule has 20 heavy (non-hydrogen) atoms. The van der Waals surface area contributed by atoms with Crippen LogP contribution in [0.3, 0.4) is 0 Å². The molecular weight excluding hydrogens is 278 g/mol. The number of rotatable bonds is 3. The third kappa shape index (κ3) is 3.15. The molecular formula is C13H23N3O3S. The molecule has 0 bridgehead atoms. The maximum atomic E-state index is 12.2. The van der Waals surface area contributed by atoms with Crippen molar-refractivity contribution >= 4 is 15.7 Å². The Hall–Kier alpha value is -0.660. The van der Waals surface area contributed by atoms with Crippen LogP contribution in [-0.4, -0.2) is 80.9 Å². The normalized spacial score (nSPS) is 31.2. The number of amides is 1. The predicted molar refractivity (Wildman–Crippen MR) is 76.2 cm³/mol. The van der Waals surface area contributed by atoms with Gasteiger partial charge in [-0.15, -0.1) is 0 Å². The van der Waals surface area contributed by atoms with Gasteiger partial charge in [0.1, 0.15) is 0 Å². The second-order valence-corrected chi connectivity index (χ2v) is 8.43. The van der Waals surface area contributed by atoms with Crippen molar-refractivity contribution in [3.63, 3.8) is 0 Å². The van der Waals surface area contributed by atoms with E-state index in [-0.39, 0.29) is 23.3 Å². The van der Waals surface area contributed by atoms with Gasteiger partial charge in [0.15, 0.2) is 9.84 Å². The molecule has 0 spiro atoms. The van der Waals surface area contributed by atoms with Crippen LogP contribution in [0.5, 0.6) is 0 Å². The number of sulfone groups is 1. The van der Waals surface area contributed by atoms with E-state index in [0.717, 1.165) is 39.3 Å². The van der Waals surface area contributed by atoms with Crippen LogP contribution in [0.1, 0.15) is 12.8 Å². The van der Waals surface area contributed by atoms with Crippen LogP contribution in [0.15, 0.2) is 0 Å². The van der Waals surface area contributed by atoms with Gasteiger partial charge in [-0.2, -0.15) is 0 Å². The number of piperazine rings is 1. The van der Waals surface area contributed by atoms with E-state index in [4.69, 9.17) is 0 Å². The van der Waals surface area contributed by atoms with Crippen molar-refractivity contribution in [1.82, 2.24) is 15.1 Å². The van der Waals surface area contributed by atoms with E-state index < -0.39 is 9.84 Å². The Balaban J connectivity index is 1.44. The predicted octanol–water partition coefficient (Wildman–Crippen LogP) is -1.07. The van der Waals surface area contributed by atoms with Crippen molar-refractivity contribution in [3.05, 3.63) is 0 Å². The molecule has 3 aliphatic heterocycles. The van der Waals surface area contributed by atoms with Gasteiger partial charge in [-0.3, -0.25) is 9.69 Å². The van der Waals surface area contributed by atoms with Gasteiger partial charge in [-0.1, -0.05) is 0 Å². The molecule has 1 N–H and O–H groups in total. The zero-order valence-corrected chi connectivity index (χ0v) is 12.6. The van der Waals surface area contributed by atoms with E-state index in [1.165, 1.54) is 0 Å². The highest BCUT2D eigenvalue weighted by molar-refractivity contribution is 7.91. The first kappa shape index (κ1) is 14.3. The summed E-state index contributed by atoms with van der Waals surface area (Å²) in [4.78, 5) is 16.6. The Morgan fingerprint density at radius 1 is 1.15 bits per heavy atom. The van der Waals surface area contributed by atoms with Crippen molar-refractivity contribution in [2.24, 2.45) is 5.92 Å². The maximum Gasteiger partial charge on any atom is 0.222 e. The van der Waals surface area contributed by atoms with Crippen molar-refractivity contribution in [2.45, 2.75) is 18.9 Å². The molecule has 0 aromatic rings. The van der Waals surface area contributed by atoms with Gasteiger partial charge in [-0.05, 0) is 12.3 Å². The van der Waals surface area contributed by atoms with Crippen molar-refractivity contribution in [3.8, 4) is 0 Å². The van der Waals surface area contributed by atoms with Crippen LogP contribution >= 0.6 is 0 Å². The average Bonchev–Trinajstić information content (AvgIpc) is 2.67. The van der Waals surface area contributed by atoms with Crippen LogP contribution < -0.4 is 5.32 Å². The maximum absolute atomic E-state index is 12.2. The molecule has 0 radical (unpaired) electrons. The minimum absolute atomic E-state index is 0.0429. The summed E-state index contributed by atoms with van der Waals surface area (Å²) < 4.78 is 22.8. The standard InChI is InChI=1S/C13H23N3O3S/c17-13(7-11-1-6-20(18,19)10-11)16-4-2-15(3-5-16)12-8-14-9-12/h11-12,14H,1-10H2. The summed E-state index contributed by atoms with van der Waals surface area (Å²) in [5, 5.41) is 3.27. The van der Waals surface area contributed by atoms with Crippen molar-refractivity contribution < 1.29 is 13.2 Å². The molecule has 0 aromatic carbocycles. The fraction of sp³-hybridized carbons (Fsp3) is 0.923. The molecule has 0 aliphatic carbocycles. The number of hydrogen-bond acceptors (Lipinski definition) is 5. The van der Waals surface area contributed by atoms with Gasteiger partial charge >= 0.3 is 0 Å². The Kier molecular flexibility index (Phi) is 4.01. The number of hydrogen-bond donors (Lipinski definition) is 1. The fourth-order valence-electron chi connectivity index (χ4n) is 3.28. The largest absolute Gasteiger partial charge is 0.340 e. The first-order valence-corrected chi connectivity index (χ1v) is 9.28. The molecule has 3 heterocycles. The topological polar surface area (TPSA) is 69.7 Å². The van der Waals surface area contributed by atoms with E-state index in [1.807, 2.05) is 4.90 Å². The minimum atomic E-state index is -2.87. The molecule has 3 saturated heterocycles. The molecule has 3 fully saturated rings. The smallest absolute Gasteiger partial charge is 0.222 e.